The summed E-state index contributed by atoms with van der Waals surface area (Å²) in [4.78, 5) is 10.0. The van der Waals surface area contributed by atoms with Crippen LogP contribution in [0.2, 0.25) is 0 Å². The van der Waals surface area contributed by atoms with Gasteiger partial charge in [0.25, 0.3) is 6.02 Å². The summed E-state index contributed by atoms with van der Waals surface area (Å²) in [6, 6.07) is 16.5. The fraction of sp³-hybridized carbons (Fsp3) is 0.480. The van der Waals surface area contributed by atoms with E-state index in [1.807, 2.05) is 12.1 Å². The van der Waals surface area contributed by atoms with Crippen molar-refractivity contribution in [2.24, 2.45) is 16.8 Å². The molecule has 5 aliphatic heterocycles. The molecule has 4 nitrogen and oxygen atoms in total. The minimum Gasteiger partial charge on any atom is -0.463 e. The van der Waals surface area contributed by atoms with Gasteiger partial charge in [0.05, 0.1) is 12.1 Å². The molecule has 2 aromatic rings. The second-order valence-electron chi connectivity index (χ2n) is 9.19. The van der Waals surface area contributed by atoms with Crippen molar-refractivity contribution in [3.05, 3.63) is 71.0 Å². The third-order valence-electron chi connectivity index (χ3n) is 7.58. The van der Waals surface area contributed by atoms with E-state index in [4.69, 9.17) is 9.73 Å². The van der Waals surface area contributed by atoms with E-state index in [9.17, 15) is 4.39 Å². The molecule has 7 rings (SSSR count). The molecule has 5 heteroatoms. The predicted molar refractivity (Wildman–Crippen MR) is 115 cm³/mol. The Morgan fingerprint density at radius 2 is 1.77 bits per heavy atom. The van der Waals surface area contributed by atoms with Crippen molar-refractivity contribution in [1.82, 2.24) is 9.80 Å². The number of hydrogen-bond donors (Lipinski definition) is 0. The van der Waals surface area contributed by atoms with Crippen LogP contribution in [0.1, 0.15) is 35.6 Å². The highest BCUT2D eigenvalue weighted by molar-refractivity contribution is 5.77. The molecular formula is C25H28FN3O. The van der Waals surface area contributed by atoms with Gasteiger partial charge in [-0.1, -0.05) is 36.4 Å². The molecule has 5 heterocycles. The zero-order valence-electron chi connectivity index (χ0n) is 17.2. The Bertz CT molecular complexity index is 951. The number of ether oxygens (including phenoxy) is 1. The SMILES string of the molecule is Fc1ccc([C@H]2c3ccccc3CCN2C2=N[C@H](C3CN4CCC3CC4)CO2)cc1. The maximum Gasteiger partial charge on any atom is 0.288 e. The normalized spacial score (nSPS) is 32.5. The van der Waals surface area contributed by atoms with E-state index in [0.717, 1.165) is 30.5 Å². The van der Waals surface area contributed by atoms with Crippen molar-refractivity contribution in [3.8, 4) is 0 Å². The van der Waals surface area contributed by atoms with Crippen LogP contribution in [0.3, 0.4) is 0 Å². The van der Waals surface area contributed by atoms with Crippen LogP contribution in [0, 0.1) is 17.7 Å². The molecule has 0 aliphatic carbocycles. The van der Waals surface area contributed by atoms with E-state index in [0.29, 0.717) is 12.5 Å². The number of rotatable bonds is 2. The van der Waals surface area contributed by atoms with E-state index in [1.54, 1.807) is 12.1 Å². The van der Waals surface area contributed by atoms with Gasteiger partial charge in [0.2, 0.25) is 0 Å². The van der Waals surface area contributed by atoms with Gasteiger partial charge >= 0.3 is 0 Å². The summed E-state index contributed by atoms with van der Waals surface area (Å²) in [5, 5.41) is 0. The second kappa shape index (κ2) is 7.38. The first-order valence-electron chi connectivity index (χ1n) is 11.3. The number of hydrogen-bond acceptors (Lipinski definition) is 4. The van der Waals surface area contributed by atoms with Crippen LogP contribution in [0.15, 0.2) is 53.5 Å². The van der Waals surface area contributed by atoms with Crippen LogP contribution < -0.4 is 0 Å². The van der Waals surface area contributed by atoms with Gasteiger partial charge in [0, 0.05) is 19.0 Å². The van der Waals surface area contributed by atoms with Gasteiger partial charge in [-0.3, -0.25) is 0 Å². The molecule has 0 saturated carbocycles. The van der Waals surface area contributed by atoms with E-state index < -0.39 is 0 Å². The first kappa shape index (κ1) is 18.4. The lowest BCUT2D eigenvalue weighted by molar-refractivity contribution is 0.0332. The standard InChI is InChI=1S/C25H28FN3O/c26-20-7-5-19(6-8-20)24-21-4-2-1-3-17(21)11-14-29(24)25-27-23(16-30-25)22-15-28-12-9-18(22)10-13-28/h1-8,18,22-24H,9-16H2/t22?,23-,24-/m0/s1. The van der Waals surface area contributed by atoms with Crippen LogP contribution in [0.5, 0.6) is 0 Å². The van der Waals surface area contributed by atoms with E-state index in [-0.39, 0.29) is 17.9 Å². The Morgan fingerprint density at radius 1 is 0.967 bits per heavy atom. The third-order valence-corrected chi connectivity index (χ3v) is 7.58. The maximum absolute atomic E-state index is 13.6. The van der Waals surface area contributed by atoms with Gasteiger partial charge in [-0.05, 0) is 67.1 Å². The third kappa shape index (κ3) is 3.11. The summed E-state index contributed by atoms with van der Waals surface area (Å²) in [5.74, 6) is 1.21. The molecule has 3 atom stereocenters. The van der Waals surface area contributed by atoms with Crippen molar-refractivity contribution in [1.29, 1.82) is 0 Å². The van der Waals surface area contributed by atoms with Crippen molar-refractivity contribution in [2.45, 2.75) is 31.3 Å². The minimum absolute atomic E-state index is 0.0135. The van der Waals surface area contributed by atoms with Gasteiger partial charge in [-0.25, -0.2) is 9.38 Å². The summed E-state index contributed by atoms with van der Waals surface area (Å²) >= 11 is 0. The average molecular weight is 406 g/mol. The van der Waals surface area contributed by atoms with E-state index in [1.165, 1.54) is 43.6 Å². The van der Waals surface area contributed by atoms with Gasteiger partial charge in [-0.15, -0.1) is 0 Å². The number of halogens is 1. The Kier molecular flexibility index (Phi) is 4.52. The van der Waals surface area contributed by atoms with Crippen LogP contribution in [0.25, 0.3) is 0 Å². The number of aliphatic imine (C=N–C) groups is 1. The largest absolute Gasteiger partial charge is 0.463 e. The van der Waals surface area contributed by atoms with Crippen molar-refractivity contribution in [3.63, 3.8) is 0 Å². The quantitative estimate of drug-likeness (QED) is 0.759. The van der Waals surface area contributed by atoms with Crippen LogP contribution in [-0.2, 0) is 11.2 Å². The zero-order valence-corrected chi connectivity index (χ0v) is 17.2. The number of nitrogens with zero attached hydrogens (tertiary/aromatic N) is 3. The molecule has 1 unspecified atom stereocenters. The summed E-state index contributed by atoms with van der Waals surface area (Å²) in [6.07, 6.45) is 3.59. The summed E-state index contributed by atoms with van der Waals surface area (Å²) in [6.45, 7) is 5.23. The lowest BCUT2D eigenvalue weighted by Gasteiger charge is -2.45. The fourth-order valence-corrected chi connectivity index (χ4v) is 5.98. The number of benzene rings is 2. The van der Waals surface area contributed by atoms with E-state index >= 15 is 0 Å². The lowest BCUT2D eigenvalue weighted by atomic mass is 9.75. The molecule has 3 saturated heterocycles. The smallest absolute Gasteiger partial charge is 0.288 e. The highest BCUT2D eigenvalue weighted by Crippen LogP contribution is 2.39. The molecule has 2 aromatic carbocycles. The lowest BCUT2D eigenvalue weighted by Crippen LogP contribution is -2.51. The number of fused-ring (bicyclic) bond motifs is 4. The topological polar surface area (TPSA) is 28.1 Å². The highest BCUT2D eigenvalue weighted by atomic mass is 19.1. The van der Waals surface area contributed by atoms with Gasteiger partial charge in [-0.2, -0.15) is 0 Å². The predicted octanol–water partition coefficient (Wildman–Crippen LogP) is 3.87. The molecule has 5 aliphatic rings. The highest BCUT2D eigenvalue weighted by Gasteiger charge is 2.42. The molecule has 30 heavy (non-hydrogen) atoms. The number of piperidine rings is 3. The molecule has 2 bridgehead atoms. The van der Waals surface area contributed by atoms with Gasteiger partial charge < -0.3 is 14.5 Å². The molecular weight excluding hydrogens is 377 g/mol. The van der Waals surface area contributed by atoms with E-state index in [2.05, 4.69) is 34.1 Å². The van der Waals surface area contributed by atoms with Crippen molar-refractivity contribution >= 4 is 6.02 Å². The van der Waals surface area contributed by atoms with Gasteiger partial charge in [0.1, 0.15) is 12.4 Å². The van der Waals surface area contributed by atoms with Crippen LogP contribution >= 0.6 is 0 Å². The van der Waals surface area contributed by atoms with Crippen LogP contribution in [-0.4, -0.2) is 54.6 Å². The Hall–Kier alpha value is -2.40. The molecule has 0 N–H and O–H groups in total. The molecule has 3 fully saturated rings. The Labute approximate surface area is 177 Å². The first-order chi connectivity index (χ1) is 14.8. The molecule has 0 amide bonds. The first-order valence-corrected chi connectivity index (χ1v) is 11.3. The van der Waals surface area contributed by atoms with Crippen molar-refractivity contribution in [2.75, 3.05) is 32.8 Å². The second-order valence-corrected chi connectivity index (χ2v) is 9.19. The Morgan fingerprint density at radius 3 is 2.53 bits per heavy atom. The molecule has 0 radical (unpaired) electrons. The maximum atomic E-state index is 13.6. The molecule has 0 spiro atoms. The monoisotopic (exact) mass is 405 g/mol. The minimum atomic E-state index is -0.203. The fourth-order valence-electron chi connectivity index (χ4n) is 5.98. The summed E-state index contributed by atoms with van der Waals surface area (Å²) in [7, 11) is 0. The molecule has 156 valence electrons. The Balaban J connectivity index is 1.33. The van der Waals surface area contributed by atoms with Crippen molar-refractivity contribution < 1.29 is 9.13 Å². The zero-order chi connectivity index (χ0) is 20.1. The number of amidine groups is 1. The summed E-state index contributed by atoms with van der Waals surface area (Å²) in [5.41, 5.74) is 3.71. The summed E-state index contributed by atoms with van der Waals surface area (Å²) < 4.78 is 19.9. The molecule has 0 aromatic heterocycles. The average Bonchev–Trinajstić information content (AvgIpc) is 3.30. The van der Waals surface area contributed by atoms with Gasteiger partial charge in [0.15, 0.2) is 0 Å². The van der Waals surface area contributed by atoms with Crippen LogP contribution in [0.4, 0.5) is 4.39 Å².